The van der Waals surface area contributed by atoms with Crippen molar-refractivity contribution in [2.45, 2.75) is 6.18 Å². The number of carbonyl (C=O) groups excluding carboxylic acids is 3. The van der Waals surface area contributed by atoms with Crippen LogP contribution in [0.3, 0.4) is 0 Å². The number of imide groups is 1. The second-order valence-electron chi connectivity index (χ2n) is 5.08. The van der Waals surface area contributed by atoms with Crippen molar-refractivity contribution in [1.29, 1.82) is 0 Å². The number of hydrogen-bond acceptors (Lipinski definition) is 6. The van der Waals surface area contributed by atoms with Gasteiger partial charge >= 0.3 is 12.1 Å². The zero-order chi connectivity index (χ0) is 18.9. The Morgan fingerprint density at radius 1 is 1.04 bits per heavy atom. The first kappa shape index (κ1) is 17.4. The molecule has 0 spiro atoms. The van der Waals surface area contributed by atoms with Gasteiger partial charge in [-0.05, 0) is 24.3 Å². The van der Waals surface area contributed by atoms with Crippen LogP contribution >= 0.6 is 0 Å². The number of benzene rings is 1. The summed E-state index contributed by atoms with van der Waals surface area (Å²) in [5.41, 5.74) is -0.520. The largest absolute Gasteiger partial charge is 0.482 e. The van der Waals surface area contributed by atoms with Gasteiger partial charge in [-0.1, -0.05) is 17.2 Å². The summed E-state index contributed by atoms with van der Waals surface area (Å²) in [6, 6.07) is 8.14. The third-order valence-electron chi connectivity index (χ3n) is 3.29. The van der Waals surface area contributed by atoms with Crippen molar-refractivity contribution >= 4 is 17.8 Å². The molecule has 134 valence electrons. The lowest BCUT2D eigenvalue weighted by molar-refractivity contribution is -0.153. The highest BCUT2D eigenvalue weighted by atomic mass is 19.4. The molecule has 26 heavy (non-hydrogen) atoms. The molecule has 3 rings (SSSR count). The minimum absolute atomic E-state index is 0.0415. The van der Waals surface area contributed by atoms with Crippen LogP contribution in [-0.4, -0.2) is 40.6 Å². The topological polar surface area (TPSA) is 85.8 Å². The average molecular weight is 366 g/mol. The van der Waals surface area contributed by atoms with Crippen molar-refractivity contribution in [1.82, 2.24) is 10.0 Å². The highest BCUT2D eigenvalue weighted by Crippen LogP contribution is 2.25. The average Bonchev–Trinajstić information content (AvgIpc) is 2.85. The van der Waals surface area contributed by atoms with Gasteiger partial charge in [0.15, 0.2) is 18.1 Å². The van der Waals surface area contributed by atoms with Gasteiger partial charge in [-0.2, -0.15) is 13.2 Å². The minimum atomic E-state index is -4.63. The molecular weight excluding hydrogens is 357 g/mol. The van der Waals surface area contributed by atoms with Crippen molar-refractivity contribution in [3.63, 3.8) is 0 Å². The Morgan fingerprint density at radius 2 is 1.65 bits per heavy atom. The molecule has 2 aromatic rings. The molecule has 10 heteroatoms. The molecule has 7 nitrogen and oxygen atoms in total. The van der Waals surface area contributed by atoms with Gasteiger partial charge in [0.05, 0.1) is 11.1 Å². The Hall–Kier alpha value is -3.43. The maximum absolute atomic E-state index is 12.3. The SMILES string of the molecule is O=C(ON1C(=O)c2ccccc2C1=O)c1ncccc1OCC(F)(F)F. The fourth-order valence-electron chi connectivity index (χ4n) is 2.20. The van der Waals surface area contributed by atoms with E-state index in [4.69, 9.17) is 4.84 Å². The number of nitrogens with zero attached hydrogens (tertiary/aromatic N) is 2. The number of hydrogen-bond donors (Lipinski definition) is 0. The number of fused-ring (bicyclic) bond motifs is 1. The number of pyridine rings is 1. The molecule has 1 aliphatic rings. The van der Waals surface area contributed by atoms with E-state index < -0.39 is 42.0 Å². The highest BCUT2D eigenvalue weighted by Gasteiger charge is 2.39. The number of amides is 2. The second kappa shape index (κ2) is 6.47. The number of rotatable bonds is 4. The summed E-state index contributed by atoms with van der Waals surface area (Å²) < 4.78 is 41.4. The quantitative estimate of drug-likeness (QED) is 0.773. The summed E-state index contributed by atoms with van der Waals surface area (Å²) in [5, 5.41) is 0.231. The molecule has 0 saturated heterocycles. The molecule has 1 aromatic carbocycles. The number of hydroxylamine groups is 2. The van der Waals surface area contributed by atoms with E-state index in [1.807, 2.05) is 0 Å². The highest BCUT2D eigenvalue weighted by molar-refractivity contribution is 6.21. The van der Waals surface area contributed by atoms with Gasteiger partial charge in [0, 0.05) is 6.20 Å². The van der Waals surface area contributed by atoms with Gasteiger partial charge < -0.3 is 9.57 Å². The summed E-state index contributed by atoms with van der Waals surface area (Å²) >= 11 is 0. The van der Waals surface area contributed by atoms with Gasteiger partial charge in [-0.25, -0.2) is 9.78 Å². The van der Waals surface area contributed by atoms with Gasteiger partial charge in [-0.15, -0.1) is 0 Å². The van der Waals surface area contributed by atoms with E-state index in [0.29, 0.717) is 0 Å². The Kier molecular flexibility index (Phi) is 4.33. The van der Waals surface area contributed by atoms with Crippen LogP contribution in [0.25, 0.3) is 0 Å². The predicted molar refractivity (Wildman–Crippen MR) is 78.1 cm³/mol. The minimum Gasteiger partial charge on any atom is -0.482 e. The normalized spacial score (nSPS) is 13.6. The van der Waals surface area contributed by atoms with Gasteiger partial charge in [0.2, 0.25) is 0 Å². The first-order valence-electron chi connectivity index (χ1n) is 7.12. The van der Waals surface area contributed by atoms with E-state index in [1.54, 1.807) is 0 Å². The molecule has 0 fully saturated rings. The molecule has 0 unspecified atom stereocenters. The molecule has 0 saturated carbocycles. The molecule has 0 bridgehead atoms. The summed E-state index contributed by atoms with van der Waals surface area (Å²) in [6.07, 6.45) is -3.50. The van der Waals surface area contributed by atoms with Crippen LogP contribution in [0.1, 0.15) is 31.2 Å². The number of aromatic nitrogens is 1. The first-order valence-corrected chi connectivity index (χ1v) is 7.12. The van der Waals surface area contributed by atoms with E-state index in [0.717, 1.165) is 12.3 Å². The molecule has 0 atom stereocenters. The predicted octanol–water partition coefficient (Wildman–Crippen LogP) is 2.39. The molecule has 0 aliphatic carbocycles. The zero-order valence-electron chi connectivity index (χ0n) is 12.8. The standard InChI is InChI=1S/C16H9F3N2O5/c17-16(18,19)8-25-11-6-3-7-20-12(11)15(24)26-21-13(22)9-4-1-2-5-10(9)14(21)23/h1-7H,8H2. The van der Waals surface area contributed by atoms with Crippen LogP contribution in [0.4, 0.5) is 13.2 Å². The Morgan fingerprint density at radius 3 is 2.23 bits per heavy atom. The van der Waals surface area contributed by atoms with Crippen LogP contribution in [0.5, 0.6) is 5.75 Å². The van der Waals surface area contributed by atoms with Crippen molar-refractivity contribution in [2.24, 2.45) is 0 Å². The van der Waals surface area contributed by atoms with E-state index in [9.17, 15) is 27.6 Å². The molecule has 0 radical (unpaired) electrons. The van der Waals surface area contributed by atoms with Gasteiger partial charge in [0.1, 0.15) is 0 Å². The van der Waals surface area contributed by atoms with E-state index in [1.165, 1.54) is 30.3 Å². The molecule has 0 N–H and O–H groups in total. The first-order chi connectivity index (χ1) is 12.3. The molecule has 2 heterocycles. The van der Waals surface area contributed by atoms with E-state index in [2.05, 4.69) is 9.72 Å². The fourth-order valence-corrected chi connectivity index (χ4v) is 2.20. The smallest absolute Gasteiger partial charge is 0.422 e. The lowest BCUT2D eigenvalue weighted by Gasteiger charge is -2.14. The van der Waals surface area contributed by atoms with Crippen molar-refractivity contribution < 1.29 is 37.1 Å². The summed E-state index contributed by atoms with van der Waals surface area (Å²) in [6.45, 7) is -1.65. The third-order valence-corrected chi connectivity index (χ3v) is 3.29. The third kappa shape index (κ3) is 3.34. The number of ether oxygens (including phenoxy) is 1. The van der Waals surface area contributed by atoms with Crippen LogP contribution in [0.2, 0.25) is 0 Å². The molecular formula is C16H9F3N2O5. The Bertz CT molecular complexity index is 862. The zero-order valence-corrected chi connectivity index (χ0v) is 12.8. The Labute approximate surface area is 143 Å². The Balaban J connectivity index is 1.80. The lowest BCUT2D eigenvalue weighted by Crippen LogP contribution is -2.33. The van der Waals surface area contributed by atoms with Crippen molar-refractivity contribution in [2.75, 3.05) is 6.61 Å². The van der Waals surface area contributed by atoms with Crippen LogP contribution in [0, 0.1) is 0 Å². The fraction of sp³-hybridized carbons (Fsp3) is 0.125. The van der Waals surface area contributed by atoms with E-state index >= 15 is 0 Å². The summed E-state index contributed by atoms with van der Waals surface area (Å²) in [7, 11) is 0. The maximum atomic E-state index is 12.3. The van der Waals surface area contributed by atoms with Gasteiger partial charge in [0.25, 0.3) is 11.8 Å². The van der Waals surface area contributed by atoms with Gasteiger partial charge in [-0.3, -0.25) is 9.59 Å². The number of carbonyl (C=O) groups is 3. The summed E-state index contributed by atoms with van der Waals surface area (Å²) in [4.78, 5) is 44.8. The van der Waals surface area contributed by atoms with Crippen LogP contribution in [0.15, 0.2) is 42.6 Å². The monoisotopic (exact) mass is 366 g/mol. The summed E-state index contributed by atoms with van der Waals surface area (Å²) in [5.74, 6) is -3.54. The lowest BCUT2D eigenvalue weighted by atomic mass is 10.1. The van der Waals surface area contributed by atoms with Crippen LogP contribution < -0.4 is 4.74 Å². The number of alkyl halides is 3. The molecule has 1 aromatic heterocycles. The van der Waals surface area contributed by atoms with E-state index in [-0.39, 0.29) is 16.2 Å². The van der Waals surface area contributed by atoms with Crippen molar-refractivity contribution in [3.8, 4) is 5.75 Å². The maximum Gasteiger partial charge on any atom is 0.422 e. The number of halogens is 3. The van der Waals surface area contributed by atoms with Crippen molar-refractivity contribution in [3.05, 3.63) is 59.4 Å². The molecule has 2 amide bonds. The van der Waals surface area contributed by atoms with Crippen LogP contribution in [-0.2, 0) is 4.84 Å². The molecule has 1 aliphatic heterocycles. The second-order valence-corrected chi connectivity index (χ2v) is 5.08.